The second kappa shape index (κ2) is 5.43. The molecule has 0 fully saturated rings. The Balaban J connectivity index is 2.43. The molecule has 0 aromatic heterocycles. The number of anilines is 2. The molecule has 0 aliphatic rings. The summed E-state index contributed by atoms with van der Waals surface area (Å²) in [6.45, 7) is 0. The summed E-state index contributed by atoms with van der Waals surface area (Å²) in [6, 6.07) is 19.3. The van der Waals surface area contributed by atoms with Gasteiger partial charge in [0.1, 0.15) is 0 Å². The van der Waals surface area contributed by atoms with Crippen molar-refractivity contribution in [2.45, 2.75) is 0 Å². The first kappa shape index (κ1) is 11.6. The van der Waals surface area contributed by atoms with Gasteiger partial charge in [0.2, 0.25) is 5.11 Å². The fraction of sp³-hybridized carbons (Fsp3) is 0. The zero-order valence-electron chi connectivity index (χ0n) is 9.08. The first-order valence-electron chi connectivity index (χ1n) is 5.17. The van der Waals surface area contributed by atoms with E-state index in [1.807, 2.05) is 66.1 Å². The van der Waals surface area contributed by atoms with Gasteiger partial charge >= 0.3 is 0 Å². The number of para-hydroxylation sites is 2. The van der Waals surface area contributed by atoms with E-state index in [2.05, 4.69) is 0 Å². The fourth-order valence-corrected chi connectivity index (χ4v) is 1.80. The van der Waals surface area contributed by atoms with Gasteiger partial charge in [-0.3, -0.25) is 10.1 Å². The van der Waals surface area contributed by atoms with E-state index in [4.69, 9.17) is 17.4 Å². The molecular formula is C13H12N2OS. The molecule has 0 atom stereocenters. The molecule has 0 saturated heterocycles. The summed E-state index contributed by atoms with van der Waals surface area (Å²) in [5.74, 6) is 0. The zero-order chi connectivity index (χ0) is 12.1. The molecule has 2 aromatic rings. The van der Waals surface area contributed by atoms with E-state index < -0.39 is 0 Å². The first-order valence-corrected chi connectivity index (χ1v) is 5.58. The van der Waals surface area contributed by atoms with Crippen molar-refractivity contribution in [3.05, 3.63) is 60.7 Å². The number of nitrogens with zero attached hydrogens (tertiary/aromatic N) is 1. The van der Waals surface area contributed by atoms with E-state index >= 15 is 0 Å². The quantitative estimate of drug-likeness (QED) is 0.628. The lowest BCUT2D eigenvalue weighted by Crippen LogP contribution is -2.34. The number of thiocarbonyl (C=S) groups is 1. The van der Waals surface area contributed by atoms with E-state index in [1.165, 1.54) is 0 Å². The lowest BCUT2D eigenvalue weighted by molar-refractivity contribution is 0.236. The largest absolute Gasteiger partial charge is 0.289 e. The van der Waals surface area contributed by atoms with Gasteiger partial charge in [-0.2, -0.15) is 0 Å². The van der Waals surface area contributed by atoms with Crippen LogP contribution in [0.25, 0.3) is 0 Å². The number of nitrogens with one attached hydrogen (secondary N) is 1. The molecule has 0 radical (unpaired) electrons. The Labute approximate surface area is 105 Å². The second-order valence-corrected chi connectivity index (χ2v) is 3.81. The molecule has 2 N–H and O–H groups in total. The number of hydrogen-bond donors (Lipinski definition) is 2. The molecule has 0 saturated carbocycles. The van der Waals surface area contributed by atoms with Crippen molar-refractivity contribution in [1.29, 1.82) is 0 Å². The van der Waals surface area contributed by atoms with Crippen LogP contribution in [0.15, 0.2) is 60.7 Å². The van der Waals surface area contributed by atoms with E-state index in [0.29, 0.717) is 0 Å². The number of hydrogen-bond acceptors (Lipinski definition) is 2. The summed E-state index contributed by atoms with van der Waals surface area (Å²) in [6.07, 6.45) is 0. The topological polar surface area (TPSA) is 35.5 Å². The predicted octanol–water partition coefficient (Wildman–Crippen LogP) is 3.09. The zero-order valence-corrected chi connectivity index (χ0v) is 9.89. The number of rotatable bonds is 2. The van der Waals surface area contributed by atoms with Gasteiger partial charge in [-0.15, -0.1) is 0 Å². The molecular weight excluding hydrogens is 232 g/mol. The van der Waals surface area contributed by atoms with Crippen molar-refractivity contribution in [1.82, 2.24) is 5.48 Å². The molecule has 4 heteroatoms. The molecule has 0 unspecified atom stereocenters. The molecule has 0 amide bonds. The van der Waals surface area contributed by atoms with Crippen LogP contribution in [0.2, 0.25) is 0 Å². The molecule has 0 aliphatic carbocycles. The van der Waals surface area contributed by atoms with Gasteiger partial charge in [-0.25, -0.2) is 5.48 Å². The third kappa shape index (κ3) is 2.61. The van der Waals surface area contributed by atoms with Crippen molar-refractivity contribution in [3.8, 4) is 0 Å². The highest BCUT2D eigenvalue weighted by molar-refractivity contribution is 7.80. The second-order valence-electron chi connectivity index (χ2n) is 3.42. The van der Waals surface area contributed by atoms with Crippen molar-refractivity contribution in [2.24, 2.45) is 0 Å². The Bertz CT molecular complexity index is 448. The summed E-state index contributed by atoms with van der Waals surface area (Å²) >= 11 is 5.11. The highest BCUT2D eigenvalue weighted by Gasteiger charge is 2.12. The average Bonchev–Trinajstić information content (AvgIpc) is 2.41. The van der Waals surface area contributed by atoms with Crippen LogP contribution in [-0.2, 0) is 0 Å². The van der Waals surface area contributed by atoms with Crippen LogP contribution in [0, 0.1) is 0 Å². The molecule has 0 bridgehead atoms. The van der Waals surface area contributed by atoms with Gasteiger partial charge in [0.05, 0.1) is 0 Å². The summed E-state index contributed by atoms with van der Waals surface area (Å²) in [5, 5.41) is 9.23. The van der Waals surface area contributed by atoms with E-state index in [-0.39, 0.29) is 5.11 Å². The van der Waals surface area contributed by atoms with Gasteiger partial charge in [0, 0.05) is 11.4 Å². The van der Waals surface area contributed by atoms with Gasteiger partial charge in [0.25, 0.3) is 0 Å². The van der Waals surface area contributed by atoms with Crippen LogP contribution in [0.1, 0.15) is 0 Å². The number of hydroxylamine groups is 1. The fourth-order valence-electron chi connectivity index (χ4n) is 1.59. The van der Waals surface area contributed by atoms with Crippen molar-refractivity contribution in [2.75, 3.05) is 4.90 Å². The van der Waals surface area contributed by atoms with Crippen LogP contribution in [0.5, 0.6) is 0 Å². The summed E-state index contributed by atoms with van der Waals surface area (Å²) in [4.78, 5) is 1.76. The molecule has 2 rings (SSSR count). The Morgan fingerprint density at radius 3 is 1.65 bits per heavy atom. The Morgan fingerprint density at radius 2 is 1.29 bits per heavy atom. The summed E-state index contributed by atoms with van der Waals surface area (Å²) in [7, 11) is 0. The molecule has 86 valence electrons. The average molecular weight is 244 g/mol. The van der Waals surface area contributed by atoms with Crippen molar-refractivity contribution < 1.29 is 5.21 Å². The van der Waals surface area contributed by atoms with Gasteiger partial charge in [0.15, 0.2) is 0 Å². The van der Waals surface area contributed by atoms with Crippen LogP contribution in [0.3, 0.4) is 0 Å². The van der Waals surface area contributed by atoms with Crippen molar-refractivity contribution >= 4 is 28.7 Å². The lowest BCUT2D eigenvalue weighted by Gasteiger charge is -2.24. The Kier molecular flexibility index (Phi) is 3.69. The third-order valence-corrected chi connectivity index (χ3v) is 2.60. The number of benzene rings is 2. The van der Waals surface area contributed by atoms with Crippen LogP contribution < -0.4 is 10.4 Å². The minimum Gasteiger partial charge on any atom is -0.289 e. The third-order valence-electron chi connectivity index (χ3n) is 2.33. The maximum absolute atomic E-state index is 8.99. The Morgan fingerprint density at radius 1 is 0.882 bits per heavy atom. The van der Waals surface area contributed by atoms with Crippen LogP contribution in [0.4, 0.5) is 11.4 Å². The monoisotopic (exact) mass is 244 g/mol. The van der Waals surface area contributed by atoms with Gasteiger partial charge in [-0.05, 0) is 36.5 Å². The minimum absolute atomic E-state index is 0.238. The minimum atomic E-state index is 0.238. The predicted molar refractivity (Wildman–Crippen MR) is 72.5 cm³/mol. The first-order chi connectivity index (χ1) is 8.33. The molecule has 17 heavy (non-hydrogen) atoms. The van der Waals surface area contributed by atoms with Crippen molar-refractivity contribution in [3.63, 3.8) is 0 Å². The van der Waals surface area contributed by atoms with Gasteiger partial charge < -0.3 is 0 Å². The standard InChI is InChI=1S/C13H12N2OS/c16-14-13(17)15(11-7-3-1-4-8-11)12-9-5-2-6-10-12/h1-10,16H,(H,14,17). The van der Waals surface area contributed by atoms with E-state index in [0.717, 1.165) is 11.4 Å². The maximum Gasteiger partial charge on any atom is 0.202 e. The highest BCUT2D eigenvalue weighted by Crippen LogP contribution is 2.24. The van der Waals surface area contributed by atoms with Crippen LogP contribution >= 0.6 is 12.2 Å². The summed E-state index contributed by atoms with van der Waals surface area (Å²) in [5.41, 5.74) is 3.81. The normalized spacial score (nSPS) is 9.71. The van der Waals surface area contributed by atoms with Crippen LogP contribution in [-0.4, -0.2) is 10.3 Å². The summed E-state index contributed by atoms with van der Waals surface area (Å²) < 4.78 is 0. The molecule has 3 nitrogen and oxygen atoms in total. The lowest BCUT2D eigenvalue weighted by atomic mass is 10.2. The highest BCUT2D eigenvalue weighted by atomic mass is 32.1. The molecule has 2 aromatic carbocycles. The van der Waals surface area contributed by atoms with Gasteiger partial charge in [-0.1, -0.05) is 36.4 Å². The molecule has 0 aliphatic heterocycles. The smallest absolute Gasteiger partial charge is 0.202 e. The SMILES string of the molecule is ONC(=S)N(c1ccccc1)c1ccccc1. The maximum atomic E-state index is 8.99. The van der Waals surface area contributed by atoms with E-state index in [1.54, 1.807) is 4.90 Å². The molecule has 0 spiro atoms. The Hall–Kier alpha value is -1.91. The van der Waals surface area contributed by atoms with E-state index in [9.17, 15) is 0 Å². The molecule has 0 heterocycles.